The molecule has 0 aromatic rings. The van der Waals surface area contributed by atoms with Crippen molar-refractivity contribution < 1.29 is 19.3 Å². The Morgan fingerprint density at radius 2 is 2.05 bits per heavy atom. The lowest BCUT2D eigenvalue weighted by Gasteiger charge is -2.43. The quantitative estimate of drug-likeness (QED) is 0.778. The summed E-state index contributed by atoms with van der Waals surface area (Å²) in [6.07, 6.45) is 7.35. The molecule has 4 nitrogen and oxygen atoms in total. The van der Waals surface area contributed by atoms with Crippen molar-refractivity contribution in [3.05, 3.63) is 0 Å². The van der Waals surface area contributed by atoms with Crippen molar-refractivity contribution >= 4 is 0 Å². The highest BCUT2D eigenvalue weighted by Crippen LogP contribution is 2.67. The van der Waals surface area contributed by atoms with Crippen LogP contribution in [0, 0.1) is 5.41 Å². The van der Waals surface area contributed by atoms with E-state index >= 15 is 0 Å². The SMILES string of the molecule is C[C@@]12CCC(O)[C@@]13O[C@H]3CC[C@H]2OC1CCCCO1. The summed E-state index contributed by atoms with van der Waals surface area (Å²) in [5.41, 5.74) is -0.333. The molecule has 4 rings (SSSR count). The van der Waals surface area contributed by atoms with Crippen molar-refractivity contribution in [1.82, 2.24) is 0 Å². The van der Waals surface area contributed by atoms with E-state index in [1.807, 2.05) is 0 Å². The van der Waals surface area contributed by atoms with Gasteiger partial charge in [-0.1, -0.05) is 6.92 Å². The molecule has 0 bridgehead atoms. The molecule has 6 atom stereocenters. The van der Waals surface area contributed by atoms with E-state index in [0.717, 1.165) is 45.1 Å². The fraction of sp³-hybridized carbons (Fsp3) is 1.00. The summed E-state index contributed by atoms with van der Waals surface area (Å²) in [4.78, 5) is 0. The fourth-order valence-electron chi connectivity index (χ4n) is 4.75. The van der Waals surface area contributed by atoms with E-state index in [4.69, 9.17) is 14.2 Å². The molecule has 1 spiro atoms. The maximum Gasteiger partial charge on any atom is 0.157 e. The van der Waals surface area contributed by atoms with Crippen LogP contribution in [-0.4, -0.2) is 41.9 Å². The Labute approximate surface area is 114 Å². The third-order valence-electron chi connectivity index (χ3n) is 5.94. The predicted octanol–water partition coefficient (Wildman–Crippen LogP) is 1.99. The van der Waals surface area contributed by atoms with E-state index in [1.54, 1.807) is 0 Å². The molecule has 19 heavy (non-hydrogen) atoms. The van der Waals surface area contributed by atoms with Gasteiger partial charge in [0.25, 0.3) is 0 Å². The van der Waals surface area contributed by atoms with E-state index < -0.39 is 0 Å². The topological polar surface area (TPSA) is 51.2 Å². The molecular formula is C15H24O4. The number of aliphatic hydroxyl groups excluding tert-OH is 1. The molecule has 4 fully saturated rings. The normalized spacial score (nSPS) is 56.5. The van der Waals surface area contributed by atoms with E-state index in [0.29, 0.717) is 0 Å². The first-order valence-electron chi connectivity index (χ1n) is 7.80. The lowest BCUT2D eigenvalue weighted by atomic mass is 9.66. The van der Waals surface area contributed by atoms with Crippen LogP contribution < -0.4 is 0 Å². The standard InChI is InChI=1S/C15H24O4/c1-14-8-7-10(16)15(14)12(19-15)6-5-11(14)18-13-4-2-3-9-17-13/h10-13,16H,2-9H2,1H3/t10?,11-,12+,13?,14+,15+/m1/s1. The lowest BCUT2D eigenvalue weighted by Crippen LogP contribution is -2.52. The predicted molar refractivity (Wildman–Crippen MR) is 68.6 cm³/mol. The monoisotopic (exact) mass is 268 g/mol. The minimum absolute atomic E-state index is 0.0316. The fourth-order valence-corrected chi connectivity index (χ4v) is 4.75. The Bertz CT molecular complexity index is 367. The average molecular weight is 268 g/mol. The zero-order valence-electron chi connectivity index (χ0n) is 11.6. The van der Waals surface area contributed by atoms with Crippen LogP contribution in [0.3, 0.4) is 0 Å². The molecule has 4 aliphatic rings. The summed E-state index contributed by atoms with van der Waals surface area (Å²) in [5.74, 6) is 0. The van der Waals surface area contributed by atoms with Crippen LogP contribution >= 0.6 is 0 Å². The van der Waals surface area contributed by atoms with Crippen LogP contribution in [0.25, 0.3) is 0 Å². The second kappa shape index (κ2) is 4.17. The Kier molecular flexibility index (Phi) is 2.76. The Balaban J connectivity index is 1.53. The minimum Gasteiger partial charge on any atom is -0.390 e. The van der Waals surface area contributed by atoms with E-state index in [-0.39, 0.29) is 35.6 Å². The summed E-state index contributed by atoms with van der Waals surface area (Å²) < 4.78 is 18.0. The van der Waals surface area contributed by atoms with E-state index in [9.17, 15) is 5.11 Å². The van der Waals surface area contributed by atoms with Crippen molar-refractivity contribution in [2.45, 2.75) is 82.1 Å². The number of ether oxygens (including phenoxy) is 3. The molecule has 2 heterocycles. The summed E-state index contributed by atoms with van der Waals surface area (Å²) in [5, 5.41) is 10.3. The van der Waals surface area contributed by atoms with Gasteiger partial charge in [0.05, 0.1) is 18.3 Å². The molecule has 2 saturated carbocycles. The number of hydrogen-bond acceptors (Lipinski definition) is 4. The van der Waals surface area contributed by atoms with Gasteiger partial charge in [0.15, 0.2) is 6.29 Å². The van der Waals surface area contributed by atoms with E-state index in [1.165, 1.54) is 6.42 Å². The van der Waals surface area contributed by atoms with Gasteiger partial charge in [-0.05, 0) is 44.9 Å². The minimum atomic E-state index is -0.304. The zero-order chi connectivity index (χ0) is 13.1. The largest absolute Gasteiger partial charge is 0.390 e. The molecule has 2 aliphatic carbocycles. The van der Waals surface area contributed by atoms with Crippen molar-refractivity contribution in [2.75, 3.05) is 6.61 Å². The number of rotatable bonds is 2. The second-order valence-electron chi connectivity index (χ2n) is 6.87. The van der Waals surface area contributed by atoms with Gasteiger partial charge in [-0.2, -0.15) is 0 Å². The molecule has 0 radical (unpaired) electrons. The molecule has 0 amide bonds. The van der Waals surface area contributed by atoms with Crippen molar-refractivity contribution in [3.63, 3.8) is 0 Å². The van der Waals surface area contributed by atoms with Crippen molar-refractivity contribution in [3.8, 4) is 0 Å². The number of aliphatic hydroxyl groups is 1. The second-order valence-corrected chi connectivity index (χ2v) is 6.87. The smallest absolute Gasteiger partial charge is 0.157 e. The van der Waals surface area contributed by atoms with Gasteiger partial charge >= 0.3 is 0 Å². The maximum absolute atomic E-state index is 10.3. The van der Waals surface area contributed by atoms with Crippen LogP contribution in [0.4, 0.5) is 0 Å². The van der Waals surface area contributed by atoms with Gasteiger partial charge in [0.2, 0.25) is 0 Å². The highest BCUT2D eigenvalue weighted by Gasteiger charge is 2.77. The highest BCUT2D eigenvalue weighted by molar-refractivity contribution is 5.25. The van der Waals surface area contributed by atoms with Gasteiger partial charge in [0, 0.05) is 12.0 Å². The van der Waals surface area contributed by atoms with Gasteiger partial charge in [0.1, 0.15) is 5.60 Å². The molecule has 108 valence electrons. The Morgan fingerprint density at radius 1 is 1.16 bits per heavy atom. The molecule has 2 unspecified atom stereocenters. The van der Waals surface area contributed by atoms with Crippen LogP contribution in [0.15, 0.2) is 0 Å². The van der Waals surface area contributed by atoms with Gasteiger partial charge in [-0.25, -0.2) is 0 Å². The first-order chi connectivity index (χ1) is 9.17. The third kappa shape index (κ3) is 1.60. The van der Waals surface area contributed by atoms with E-state index in [2.05, 4.69) is 6.92 Å². The highest BCUT2D eigenvalue weighted by atomic mass is 16.7. The first-order valence-corrected chi connectivity index (χ1v) is 7.80. The van der Waals surface area contributed by atoms with Crippen LogP contribution in [0.5, 0.6) is 0 Å². The van der Waals surface area contributed by atoms with Crippen molar-refractivity contribution in [1.29, 1.82) is 0 Å². The van der Waals surface area contributed by atoms with Gasteiger partial charge < -0.3 is 19.3 Å². The Morgan fingerprint density at radius 3 is 2.84 bits per heavy atom. The number of epoxide rings is 1. The summed E-state index contributed by atoms with van der Waals surface area (Å²) >= 11 is 0. The summed E-state index contributed by atoms with van der Waals surface area (Å²) in [6, 6.07) is 0. The summed E-state index contributed by atoms with van der Waals surface area (Å²) in [7, 11) is 0. The maximum atomic E-state index is 10.3. The number of hydrogen-bond donors (Lipinski definition) is 1. The first kappa shape index (κ1) is 12.6. The average Bonchev–Trinajstić information content (AvgIpc) is 3.12. The van der Waals surface area contributed by atoms with Gasteiger partial charge in [-0.3, -0.25) is 0 Å². The molecule has 4 heteroatoms. The molecule has 0 aromatic heterocycles. The summed E-state index contributed by atoms with van der Waals surface area (Å²) in [6.45, 7) is 3.07. The lowest BCUT2D eigenvalue weighted by molar-refractivity contribution is -0.222. The third-order valence-corrected chi connectivity index (χ3v) is 5.94. The van der Waals surface area contributed by atoms with Crippen LogP contribution in [0.2, 0.25) is 0 Å². The van der Waals surface area contributed by atoms with Crippen molar-refractivity contribution in [2.24, 2.45) is 5.41 Å². The molecule has 1 N–H and O–H groups in total. The Hall–Kier alpha value is -0.160. The van der Waals surface area contributed by atoms with Crippen LogP contribution in [0.1, 0.15) is 51.9 Å². The van der Waals surface area contributed by atoms with Gasteiger partial charge in [-0.15, -0.1) is 0 Å². The molecule has 2 saturated heterocycles. The van der Waals surface area contributed by atoms with Crippen LogP contribution in [-0.2, 0) is 14.2 Å². The molecular weight excluding hydrogens is 244 g/mol. The zero-order valence-corrected chi connectivity index (χ0v) is 11.6. The molecule has 2 aliphatic heterocycles. The molecule has 0 aromatic carbocycles.